The average molecular weight is 600 g/mol. The number of hydrogen-bond acceptors (Lipinski definition) is 5. The predicted molar refractivity (Wildman–Crippen MR) is 172 cm³/mol. The maximum Gasteiger partial charge on any atom is 0.253 e. The van der Waals surface area contributed by atoms with Crippen LogP contribution in [0, 0.1) is 31.6 Å². The van der Waals surface area contributed by atoms with Crippen LogP contribution in [0.1, 0.15) is 44.2 Å². The van der Waals surface area contributed by atoms with Crippen molar-refractivity contribution in [3.05, 3.63) is 85.0 Å². The fourth-order valence-corrected chi connectivity index (χ4v) is 7.66. The number of carbonyl (C=O) groups excluding carboxylic acids is 3. The first-order chi connectivity index (χ1) is 21.1. The highest BCUT2D eigenvalue weighted by atomic mass is 16.5. The Morgan fingerprint density at radius 1 is 1.09 bits per heavy atom. The minimum absolute atomic E-state index is 0.0871. The third-order valence-electron chi connectivity index (χ3n) is 9.98. The number of benzene rings is 2. The van der Waals surface area contributed by atoms with E-state index in [0.717, 1.165) is 16.8 Å². The molecule has 5 rings (SSSR count). The summed E-state index contributed by atoms with van der Waals surface area (Å²) in [5, 5.41) is 10.7. The van der Waals surface area contributed by atoms with E-state index in [4.69, 9.17) is 4.74 Å². The SMILES string of the molecule is C=CCN(C(=O)[C@@H]1[C@@H]2CCC3(O2)C(C(=O)N(CC=C)c2cc(C)ccc2C)N([C@@H](CO)[C@@H](C)CC)C(=O)[C@H]13)c1ccccc1. The molecule has 3 heterocycles. The topological polar surface area (TPSA) is 90.4 Å². The van der Waals surface area contributed by atoms with E-state index in [0.29, 0.717) is 24.9 Å². The van der Waals surface area contributed by atoms with Crippen molar-refractivity contribution in [2.45, 2.75) is 70.7 Å². The molecule has 3 aliphatic rings. The molecule has 0 radical (unpaired) electrons. The first-order valence-corrected chi connectivity index (χ1v) is 15.7. The summed E-state index contributed by atoms with van der Waals surface area (Å²) in [5.74, 6) is -2.49. The van der Waals surface area contributed by atoms with Crippen molar-refractivity contribution in [3.63, 3.8) is 0 Å². The zero-order chi connectivity index (χ0) is 31.8. The Kier molecular flexibility index (Phi) is 9.14. The summed E-state index contributed by atoms with van der Waals surface area (Å²) in [5.41, 5.74) is 2.19. The van der Waals surface area contributed by atoms with Gasteiger partial charge >= 0.3 is 0 Å². The highest BCUT2D eigenvalue weighted by Crippen LogP contribution is 2.59. The van der Waals surface area contributed by atoms with Gasteiger partial charge in [-0.3, -0.25) is 14.4 Å². The molecule has 234 valence electrons. The van der Waals surface area contributed by atoms with E-state index in [1.807, 2.05) is 76.2 Å². The number of nitrogens with zero attached hydrogens (tertiary/aromatic N) is 3. The fourth-order valence-electron chi connectivity index (χ4n) is 7.66. The van der Waals surface area contributed by atoms with Gasteiger partial charge in [0.15, 0.2) is 0 Å². The largest absolute Gasteiger partial charge is 0.394 e. The van der Waals surface area contributed by atoms with Gasteiger partial charge in [0.05, 0.1) is 30.6 Å². The number of anilines is 2. The monoisotopic (exact) mass is 599 g/mol. The molecule has 2 unspecified atom stereocenters. The van der Waals surface area contributed by atoms with Crippen LogP contribution >= 0.6 is 0 Å². The highest BCUT2D eigenvalue weighted by Gasteiger charge is 2.75. The van der Waals surface area contributed by atoms with Gasteiger partial charge in [-0.1, -0.05) is 62.8 Å². The van der Waals surface area contributed by atoms with Crippen molar-refractivity contribution in [2.24, 2.45) is 17.8 Å². The number of aliphatic hydroxyl groups is 1. The zero-order valence-corrected chi connectivity index (χ0v) is 26.3. The zero-order valence-electron chi connectivity index (χ0n) is 26.3. The van der Waals surface area contributed by atoms with E-state index in [1.165, 1.54) is 0 Å². The third kappa shape index (κ3) is 5.08. The van der Waals surface area contributed by atoms with Gasteiger partial charge in [0.1, 0.15) is 11.6 Å². The molecule has 1 spiro atoms. The van der Waals surface area contributed by atoms with E-state index >= 15 is 0 Å². The number of carbonyl (C=O) groups is 3. The third-order valence-corrected chi connectivity index (χ3v) is 9.98. The summed E-state index contributed by atoms with van der Waals surface area (Å²) in [4.78, 5) is 49.0. The lowest BCUT2D eigenvalue weighted by Crippen LogP contribution is -2.60. The second-order valence-electron chi connectivity index (χ2n) is 12.5. The van der Waals surface area contributed by atoms with Crippen molar-refractivity contribution in [1.29, 1.82) is 0 Å². The standard InChI is InChI=1S/C36H45N3O5/c1-7-19-37(26-13-11-10-12-14-26)33(41)30-29-17-18-36(44-29)31(30)34(42)39(28(22-40)24(5)9-3)32(36)35(43)38(20-8-2)27-21-23(4)15-16-25(27)6/h7-8,10-16,21,24,28-32,40H,1-2,9,17-20,22H2,3-6H3/t24-,28-,29-,30+,31-,32?,36?/m0/s1. The Labute approximate surface area is 261 Å². The molecular formula is C36H45N3O5. The van der Waals surface area contributed by atoms with Gasteiger partial charge in [-0.25, -0.2) is 0 Å². The highest BCUT2D eigenvalue weighted by molar-refractivity contribution is 6.07. The number of hydrogen-bond donors (Lipinski definition) is 1. The molecule has 3 amide bonds. The van der Waals surface area contributed by atoms with Crippen molar-refractivity contribution in [3.8, 4) is 0 Å². The van der Waals surface area contributed by atoms with Crippen molar-refractivity contribution < 1.29 is 24.2 Å². The minimum Gasteiger partial charge on any atom is -0.394 e. The molecule has 0 saturated carbocycles. The van der Waals surface area contributed by atoms with Crippen LogP contribution in [0.4, 0.5) is 11.4 Å². The molecule has 2 bridgehead atoms. The first-order valence-electron chi connectivity index (χ1n) is 15.7. The molecule has 2 aromatic rings. The van der Waals surface area contributed by atoms with Crippen LogP contribution in [0.25, 0.3) is 0 Å². The van der Waals surface area contributed by atoms with Crippen LogP contribution in [-0.4, -0.2) is 71.2 Å². The lowest BCUT2D eigenvalue weighted by Gasteiger charge is -2.41. The van der Waals surface area contributed by atoms with Crippen molar-refractivity contribution in [1.82, 2.24) is 4.90 Å². The molecule has 1 N–H and O–H groups in total. The fraction of sp³-hybridized carbons (Fsp3) is 0.472. The quantitative estimate of drug-likeness (QED) is 0.353. The molecule has 2 aromatic carbocycles. The molecule has 0 aliphatic carbocycles. The summed E-state index contributed by atoms with van der Waals surface area (Å²) in [6.45, 7) is 15.9. The van der Waals surface area contributed by atoms with E-state index in [2.05, 4.69) is 13.2 Å². The van der Waals surface area contributed by atoms with Gasteiger partial charge in [-0.15, -0.1) is 13.2 Å². The molecule has 8 nitrogen and oxygen atoms in total. The molecule has 3 aliphatic heterocycles. The lowest BCUT2D eigenvalue weighted by atomic mass is 9.70. The van der Waals surface area contributed by atoms with Crippen LogP contribution < -0.4 is 9.80 Å². The van der Waals surface area contributed by atoms with E-state index in [1.54, 1.807) is 26.9 Å². The van der Waals surface area contributed by atoms with Gasteiger partial charge in [-0.2, -0.15) is 0 Å². The van der Waals surface area contributed by atoms with E-state index in [9.17, 15) is 19.5 Å². The molecule has 44 heavy (non-hydrogen) atoms. The number of rotatable bonds is 12. The van der Waals surface area contributed by atoms with Gasteiger partial charge in [0.25, 0.3) is 5.91 Å². The van der Waals surface area contributed by atoms with E-state index in [-0.39, 0.29) is 43.3 Å². The maximum absolute atomic E-state index is 15.0. The van der Waals surface area contributed by atoms with Crippen LogP contribution in [0.5, 0.6) is 0 Å². The second-order valence-corrected chi connectivity index (χ2v) is 12.5. The van der Waals surface area contributed by atoms with Crippen molar-refractivity contribution >= 4 is 29.1 Å². The summed E-state index contributed by atoms with van der Waals surface area (Å²) < 4.78 is 6.75. The Morgan fingerprint density at radius 3 is 2.41 bits per heavy atom. The van der Waals surface area contributed by atoms with E-state index < -0.39 is 35.6 Å². The predicted octanol–water partition coefficient (Wildman–Crippen LogP) is 4.82. The van der Waals surface area contributed by atoms with Gasteiger partial charge < -0.3 is 24.5 Å². The number of aryl methyl sites for hydroxylation is 2. The molecule has 7 atom stereocenters. The molecule has 3 saturated heterocycles. The van der Waals surface area contributed by atoms with Crippen LogP contribution in [-0.2, 0) is 19.1 Å². The Morgan fingerprint density at radius 2 is 1.77 bits per heavy atom. The average Bonchev–Trinajstić information content (AvgIpc) is 3.67. The van der Waals surface area contributed by atoms with Gasteiger partial charge in [-0.05, 0) is 61.9 Å². The number of ether oxygens (including phenoxy) is 1. The van der Waals surface area contributed by atoms with Crippen LogP contribution in [0.2, 0.25) is 0 Å². The normalized spacial score (nSPS) is 26.7. The first kappa shape index (κ1) is 31.7. The number of amides is 3. The van der Waals surface area contributed by atoms with Crippen molar-refractivity contribution in [2.75, 3.05) is 29.5 Å². The maximum atomic E-state index is 15.0. The smallest absolute Gasteiger partial charge is 0.253 e. The number of para-hydroxylation sites is 1. The number of likely N-dealkylation sites (tertiary alicyclic amines) is 1. The summed E-state index contributed by atoms with van der Waals surface area (Å²) in [6, 6.07) is 13.7. The molecule has 8 heteroatoms. The Bertz CT molecular complexity index is 1430. The molecule has 3 fully saturated rings. The summed E-state index contributed by atoms with van der Waals surface area (Å²) in [6.07, 6.45) is 4.60. The van der Waals surface area contributed by atoms with Crippen LogP contribution in [0.3, 0.4) is 0 Å². The second kappa shape index (κ2) is 12.7. The van der Waals surface area contributed by atoms with Crippen LogP contribution in [0.15, 0.2) is 73.8 Å². The lowest BCUT2D eigenvalue weighted by molar-refractivity contribution is -0.145. The number of fused-ring (bicyclic) bond motifs is 1. The molecular weight excluding hydrogens is 554 g/mol. The minimum atomic E-state index is -1.19. The molecule has 0 aromatic heterocycles. The van der Waals surface area contributed by atoms with Gasteiger partial charge in [0, 0.05) is 24.5 Å². The Balaban J connectivity index is 1.63. The summed E-state index contributed by atoms with van der Waals surface area (Å²) in [7, 11) is 0. The number of aliphatic hydroxyl groups excluding tert-OH is 1. The van der Waals surface area contributed by atoms with Gasteiger partial charge in [0.2, 0.25) is 11.8 Å². The Hall–Kier alpha value is -3.75. The summed E-state index contributed by atoms with van der Waals surface area (Å²) >= 11 is 0.